The molecule has 23 heavy (non-hydrogen) atoms. The molecule has 120 valence electrons. The van der Waals surface area contributed by atoms with Crippen LogP contribution in [0.4, 0.5) is 14.5 Å². The third-order valence-electron chi connectivity index (χ3n) is 3.27. The van der Waals surface area contributed by atoms with Gasteiger partial charge in [0.1, 0.15) is 10.5 Å². The summed E-state index contributed by atoms with van der Waals surface area (Å²) in [6.45, 7) is 2.65. The van der Waals surface area contributed by atoms with Gasteiger partial charge >= 0.3 is 0 Å². The van der Waals surface area contributed by atoms with E-state index in [-0.39, 0.29) is 5.52 Å². The highest BCUT2D eigenvalue weighted by atomic mass is 32.2. The number of nitrogens with one attached hydrogen (secondary N) is 1. The summed E-state index contributed by atoms with van der Waals surface area (Å²) in [6, 6.07) is 10.9. The molecule has 6 heteroatoms. The van der Waals surface area contributed by atoms with Crippen LogP contribution in [0.5, 0.6) is 0 Å². The summed E-state index contributed by atoms with van der Waals surface area (Å²) in [5.41, 5.74) is 1.09. The molecule has 0 saturated heterocycles. The zero-order valence-electron chi connectivity index (χ0n) is 12.6. The van der Waals surface area contributed by atoms with Gasteiger partial charge in [0.05, 0.1) is 11.2 Å². The van der Waals surface area contributed by atoms with E-state index in [1.807, 2.05) is 23.9 Å². The third-order valence-corrected chi connectivity index (χ3v) is 5.51. The van der Waals surface area contributed by atoms with Crippen molar-refractivity contribution in [1.82, 2.24) is 4.98 Å². The summed E-state index contributed by atoms with van der Waals surface area (Å²) in [6.07, 6.45) is 1.15. The van der Waals surface area contributed by atoms with Crippen molar-refractivity contribution < 1.29 is 8.78 Å². The molecule has 1 aromatic heterocycles. The molecule has 0 aliphatic carbocycles. The number of thioether (sulfide) groups is 1. The summed E-state index contributed by atoms with van der Waals surface area (Å²) in [5.74, 6) is -0.620. The molecule has 0 aliphatic rings. The average molecular weight is 350 g/mol. The van der Waals surface area contributed by atoms with Gasteiger partial charge in [-0.05, 0) is 48.6 Å². The van der Waals surface area contributed by atoms with Crippen LogP contribution >= 0.6 is 23.1 Å². The highest BCUT2D eigenvalue weighted by Crippen LogP contribution is 2.27. The van der Waals surface area contributed by atoms with E-state index in [0.29, 0.717) is 11.2 Å². The Kier molecular flexibility index (Phi) is 5.13. The number of nitrogens with zero attached hydrogens (tertiary/aromatic N) is 1. The fraction of sp³-hybridized carbons (Fsp3) is 0.235. The fourth-order valence-corrected chi connectivity index (χ4v) is 3.80. The van der Waals surface area contributed by atoms with E-state index in [2.05, 4.69) is 29.4 Å². The zero-order chi connectivity index (χ0) is 16.2. The maximum Gasteiger partial charge on any atom is 0.185 e. The molecule has 3 rings (SSSR count). The van der Waals surface area contributed by atoms with E-state index < -0.39 is 11.6 Å². The van der Waals surface area contributed by atoms with Crippen molar-refractivity contribution in [2.45, 2.75) is 24.8 Å². The molecule has 0 amide bonds. The lowest BCUT2D eigenvalue weighted by atomic mass is 10.3. The number of halogens is 2. The van der Waals surface area contributed by atoms with Crippen molar-refractivity contribution in [2.75, 3.05) is 11.1 Å². The van der Waals surface area contributed by atoms with Crippen LogP contribution in [0.3, 0.4) is 0 Å². The number of benzene rings is 2. The second-order valence-electron chi connectivity index (χ2n) is 5.04. The quantitative estimate of drug-likeness (QED) is 0.578. The van der Waals surface area contributed by atoms with E-state index in [1.54, 1.807) is 6.07 Å². The Morgan fingerprint density at radius 2 is 1.91 bits per heavy atom. The highest BCUT2D eigenvalue weighted by Gasteiger charge is 2.12. The molecule has 0 bridgehead atoms. The normalized spacial score (nSPS) is 11.1. The van der Waals surface area contributed by atoms with Crippen molar-refractivity contribution in [1.29, 1.82) is 0 Å². The van der Waals surface area contributed by atoms with E-state index in [1.165, 1.54) is 16.2 Å². The van der Waals surface area contributed by atoms with Crippen molar-refractivity contribution in [3.05, 3.63) is 53.0 Å². The first-order valence-electron chi connectivity index (χ1n) is 7.37. The molecule has 3 aromatic rings. The van der Waals surface area contributed by atoms with Crippen LogP contribution in [0.1, 0.15) is 18.4 Å². The lowest BCUT2D eigenvalue weighted by Gasteiger charge is -2.05. The first-order valence-corrected chi connectivity index (χ1v) is 9.17. The second kappa shape index (κ2) is 7.27. The van der Waals surface area contributed by atoms with Gasteiger partial charge in [-0.2, -0.15) is 0 Å². The smallest absolute Gasteiger partial charge is 0.185 e. The molecule has 0 unspecified atom stereocenters. The topological polar surface area (TPSA) is 24.9 Å². The van der Waals surface area contributed by atoms with Gasteiger partial charge in [0.25, 0.3) is 0 Å². The number of rotatable bonds is 6. The summed E-state index contributed by atoms with van der Waals surface area (Å²) >= 11 is 3.20. The van der Waals surface area contributed by atoms with Crippen LogP contribution in [-0.2, 0) is 6.54 Å². The Labute approximate surface area is 141 Å². The van der Waals surface area contributed by atoms with Crippen LogP contribution in [0.2, 0.25) is 0 Å². The molecular weight excluding hydrogens is 334 g/mol. The molecule has 0 saturated carbocycles. The van der Waals surface area contributed by atoms with Gasteiger partial charge in [-0.25, -0.2) is 13.8 Å². The van der Waals surface area contributed by atoms with E-state index in [4.69, 9.17) is 0 Å². The van der Waals surface area contributed by atoms with Gasteiger partial charge in [0.15, 0.2) is 11.6 Å². The number of hydrogen-bond acceptors (Lipinski definition) is 4. The molecule has 2 nitrogen and oxygen atoms in total. The number of anilines is 1. The van der Waals surface area contributed by atoms with Gasteiger partial charge in [0, 0.05) is 10.6 Å². The number of thiazole rings is 1. The summed E-state index contributed by atoms with van der Waals surface area (Å²) in [4.78, 5) is 5.43. The van der Waals surface area contributed by atoms with Gasteiger partial charge < -0.3 is 5.32 Å². The first kappa shape index (κ1) is 16.2. The Balaban J connectivity index is 1.67. The fourth-order valence-electron chi connectivity index (χ4n) is 2.13. The Morgan fingerprint density at radius 1 is 1.13 bits per heavy atom. The first-order chi connectivity index (χ1) is 11.2. The largest absolute Gasteiger partial charge is 0.379 e. The standard InChI is InChI=1S/C17H16F2N2S2/c1-2-9-22-12-5-3-11(4-6-12)20-10-15-21-17-14(23-15)8-7-13(18)16(17)19/h3-8,20H,2,9-10H2,1H3. The molecule has 0 aliphatic heterocycles. The van der Waals surface area contributed by atoms with Crippen molar-refractivity contribution in [3.8, 4) is 0 Å². The molecule has 0 radical (unpaired) electrons. The molecule has 2 aromatic carbocycles. The van der Waals surface area contributed by atoms with Crippen molar-refractivity contribution in [2.24, 2.45) is 0 Å². The number of fused-ring (bicyclic) bond motifs is 1. The van der Waals surface area contributed by atoms with Crippen molar-refractivity contribution in [3.63, 3.8) is 0 Å². The van der Waals surface area contributed by atoms with E-state index in [0.717, 1.165) is 28.9 Å². The average Bonchev–Trinajstić information content (AvgIpc) is 2.99. The molecule has 0 atom stereocenters. The molecule has 0 fully saturated rings. The minimum Gasteiger partial charge on any atom is -0.379 e. The van der Waals surface area contributed by atoms with E-state index in [9.17, 15) is 8.78 Å². The minimum absolute atomic E-state index is 0.109. The maximum atomic E-state index is 13.7. The minimum atomic E-state index is -0.873. The van der Waals surface area contributed by atoms with Crippen LogP contribution in [0.25, 0.3) is 10.2 Å². The summed E-state index contributed by atoms with van der Waals surface area (Å²) in [7, 11) is 0. The predicted molar refractivity (Wildman–Crippen MR) is 94.3 cm³/mol. The third kappa shape index (κ3) is 3.82. The SMILES string of the molecule is CCCSc1ccc(NCc2nc3c(F)c(F)ccc3s2)cc1. The van der Waals surface area contributed by atoms with E-state index >= 15 is 0 Å². The molecule has 1 N–H and O–H groups in total. The van der Waals surface area contributed by atoms with Crippen LogP contribution in [-0.4, -0.2) is 10.7 Å². The maximum absolute atomic E-state index is 13.7. The lowest BCUT2D eigenvalue weighted by Crippen LogP contribution is -1.98. The second-order valence-corrected chi connectivity index (χ2v) is 7.33. The number of hydrogen-bond donors (Lipinski definition) is 1. The zero-order valence-corrected chi connectivity index (χ0v) is 14.2. The van der Waals surface area contributed by atoms with Gasteiger partial charge in [-0.3, -0.25) is 0 Å². The molecular formula is C17H16F2N2S2. The molecule has 0 spiro atoms. The van der Waals surface area contributed by atoms with Crippen LogP contribution in [0.15, 0.2) is 41.3 Å². The van der Waals surface area contributed by atoms with Crippen LogP contribution < -0.4 is 5.32 Å². The Bertz CT molecular complexity index is 800. The monoisotopic (exact) mass is 350 g/mol. The summed E-state index contributed by atoms with van der Waals surface area (Å²) < 4.78 is 27.5. The highest BCUT2D eigenvalue weighted by molar-refractivity contribution is 7.99. The number of aromatic nitrogens is 1. The Hall–Kier alpha value is -1.66. The van der Waals surface area contributed by atoms with Gasteiger partial charge in [-0.15, -0.1) is 23.1 Å². The summed E-state index contributed by atoms with van der Waals surface area (Å²) in [5, 5.41) is 3.99. The van der Waals surface area contributed by atoms with Crippen LogP contribution in [0, 0.1) is 11.6 Å². The molecule has 1 heterocycles. The predicted octanol–water partition coefficient (Wildman–Crippen LogP) is 5.69. The van der Waals surface area contributed by atoms with Crippen molar-refractivity contribution >= 4 is 39.0 Å². The van der Waals surface area contributed by atoms with Gasteiger partial charge in [0.2, 0.25) is 0 Å². The van der Waals surface area contributed by atoms with Gasteiger partial charge in [-0.1, -0.05) is 6.92 Å². The Morgan fingerprint density at radius 3 is 2.65 bits per heavy atom. The lowest BCUT2D eigenvalue weighted by molar-refractivity contribution is 0.515.